The standard InChI is InChI=1S/C17H20ClNO3/c18-14-10-12(11-15-16(14)22-9-8-21-15)6-7-19-17(20)13-4-2-1-3-5-13/h1-2,10-11,13H,3-9H2,(H,19,20). The van der Waals surface area contributed by atoms with Crippen LogP contribution in [0.3, 0.4) is 0 Å². The highest BCUT2D eigenvalue weighted by Gasteiger charge is 2.19. The van der Waals surface area contributed by atoms with Crippen molar-refractivity contribution < 1.29 is 14.3 Å². The van der Waals surface area contributed by atoms with Crippen molar-refractivity contribution in [1.29, 1.82) is 0 Å². The third-order valence-electron chi connectivity index (χ3n) is 4.01. The molecule has 0 saturated carbocycles. The van der Waals surface area contributed by atoms with Crippen LogP contribution >= 0.6 is 11.6 Å². The summed E-state index contributed by atoms with van der Waals surface area (Å²) in [6, 6.07) is 3.82. The van der Waals surface area contributed by atoms with E-state index in [0.717, 1.165) is 31.2 Å². The summed E-state index contributed by atoms with van der Waals surface area (Å²) in [7, 11) is 0. The number of fused-ring (bicyclic) bond motifs is 1. The Morgan fingerprint density at radius 3 is 2.95 bits per heavy atom. The highest BCUT2D eigenvalue weighted by Crippen LogP contribution is 2.38. The third kappa shape index (κ3) is 3.55. The van der Waals surface area contributed by atoms with Gasteiger partial charge in [0, 0.05) is 12.5 Å². The Morgan fingerprint density at radius 2 is 2.14 bits per heavy atom. The van der Waals surface area contributed by atoms with Crippen molar-refractivity contribution in [3.8, 4) is 11.5 Å². The minimum absolute atomic E-state index is 0.119. The second-order valence-corrected chi connectivity index (χ2v) is 6.03. The summed E-state index contributed by atoms with van der Waals surface area (Å²) in [6.45, 7) is 1.67. The van der Waals surface area contributed by atoms with Crippen LogP contribution in [0.4, 0.5) is 0 Å². The zero-order chi connectivity index (χ0) is 15.4. The molecule has 0 radical (unpaired) electrons. The molecule has 4 nitrogen and oxygen atoms in total. The van der Waals surface area contributed by atoms with E-state index in [-0.39, 0.29) is 11.8 Å². The zero-order valence-corrected chi connectivity index (χ0v) is 13.2. The number of hydrogen-bond donors (Lipinski definition) is 1. The van der Waals surface area contributed by atoms with Gasteiger partial charge in [-0.3, -0.25) is 4.79 Å². The van der Waals surface area contributed by atoms with Gasteiger partial charge >= 0.3 is 0 Å². The first-order valence-corrected chi connectivity index (χ1v) is 8.12. The number of halogens is 1. The van der Waals surface area contributed by atoms with E-state index in [9.17, 15) is 4.79 Å². The predicted octanol–water partition coefficient (Wildman–Crippen LogP) is 3.13. The Balaban J connectivity index is 1.54. The van der Waals surface area contributed by atoms with E-state index in [1.165, 1.54) is 0 Å². The SMILES string of the molecule is O=C(NCCc1cc(Cl)c2c(c1)OCCO2)C1CC=CCC1. The number of carbonyl (C=O) groups excluding carboxylic acids is 1. The monoisotopic (exact) mass is 321 g/mol. The van der Waals surface area contributed by atoms with Crippen LogP contribution in [0, 0.1) is 5.92 Å². The Labute approximate surface area is 135 Å². The molecule has 1 atom stereocenters. The average Bonchev–Trinajstić information content (AvgIpc) is 2.56. The van der Waals surface area contributed by atoms with E-state index < -0.39 is 0 Å². The van der Waals surface area contributed by atoms with E-state index in [2.05, 4.69) is 17.5 Å². The van der Waals surface area contributed by atoms with Crippen LogP contribution in [0.2, 0.25) is 5.02 Å². The quantitative estimate of drug-likeness (QED) is 0.867. The maximum atomic E-state index is 12.1. The third-order valence-corrected chi connectivity index (χ3v) is 4.29. The van der Waals surface area contributed by atoms with Gasteiger partial charge in [-0.15, -0.1) is 0 Å². The minimum atomic E-state index is 0.119. The molecule has 1 N–H and O–H groups in total. The molecule has 1 aromatic carbocycles. The van der Waals surface area contributed by atoms with Gasteiger partial charge in [0.25, 0.3) is 0 Å². The first-order valence-electron chi connectivity index (χ1n) is 7.75. The molecule has 1 aliphatic heterocycles. The van der Waals surface area contributed by atoms with Crippen molar-refractivity contribution in [2.75, 3.05) is 19.8 Å². The average molecular weight is 322 g/mol. The lowest BCUT2D eigenvalue weighted by atomic mass is 9.93. The van der Waals surface area contributed by atoms with Gasteiger partial charge in [-0.1, -0.05) is 23.8 Å². The number of hydrogen-bond acceptors (Lipinski definition) is 3. The molecule has 0 spiro atoms. The Hall–Kier alpha value is -1.68. The van der Waals surface area contributed by atoms with E-state index in [1.54, 1.807) is 0 Å². The van der Waals surface area contributed by atoms with Gasteiger partial charge in [-0.2, -0.15) is 0 Å². The van der Waals surface area contributed by atoms with Crippen LogP contribution in [0.1, 0.15) is 24.8 Å². The topological polar surface area (TPSA) is 47.6 Å². The highest BCUT2D eigenvalue weighted by atomic mass is 35.5. The Kier molecular flexibility index (Phi) is 4.88. The van der Waals surface area contributed by atoms with Gasteiger partial charge in [0.05, 0.1) is 5.02 Å². The molecule has 0 bridgehead atoms. The number of rotatable bonds is 4. The van der Waals surface area contributed by atoms with E-state index >= 15 is 0 Å². The fourth-order valence-corrected chi connectivity index (χ4v) is 3.10. The largest absolute Gasteiger partial charge is 0.486 e. The Bertz CT molecular complexity index is 586. The number of allylic oxidation sites excluding steroid dienone is 2. The van der Waals surface area contributed by atoms with Crippen molar-refractivity contribution in [2.24, 2.45) is 5.92 Å². The van der Waals surface area contributed by atoms with Gasteiger partial charge in [0.15, 0.2) is 11.5 Å². The molecular formula is C17H20ClNO3. The molecule has 1 heterocycles. The van der Waals surface area contributed by atoms with Crippen molar-refractivity contribution in [2.45, 2.75) is 25.7 Å². The molecule has 2 aliphatic rings. The fourth-order valence-electron chi connectivity index (χ4n) is 2.81. The van der Waals surface area contributed by atoms with E-state index in [4.69, 9.17) is 21.1 Å². The predicted molar refractivity (Wildman–Crippen MR) is 85.6 cm³/mol. The molecule has 118 valence electrons. The number of ether oxygens (including phenoxy) is 2. The molecule has 22 heavy (non-hydrogen) atoms. The van der Waals surface area contributed by atoms with Gasteiger partial charge in [-0.05, 0) is 43.4 Å². The molecule has 1 unspecified atom stereocenters. The molecule has 1 amide bonds. The van der Waals surface area contributed by atoms with E-state index in [0.29, 0.717) is 36.3 Å². The number of benzene rings is 1. The summed E-state index contributed by atoms with van der Waals surface area (Å²) in [6.07, 6.45) is 7.75. The summed E-state index contributed by atoms with van der Waals surface area (Å²) in [5.41, 5.74) is 1.04. The lowest BCUT2D eigenvalue weighted by molar-refractivity contribution is -0.125. The zero-order valence-electron chi connectivity index (χ0n) is 12.4. The van der Waals surface area contributed by atoms with Crippen molar-refractivity contribution in [3.05, 3.63) is 34.9 Å². The summed E-state index contributed by atoms with van der Waals surface area (Å²) < 4.78 is 11.1. The highest BCUT2D eigenvalue weighted by molar-refractivity contribution is 6.32. The molecular weight excluding hydrogens is 302 g/mol. The second-order valence-electron chi connectivity index (χ2n) is 5.62. The van der Waals surface area contributed by atoms with Gasteiger partial charge in [-0.25, -0.2) is 0 Å². The maximum absolute atomic E-state index is 12.1. The van der Waals surface area contributed by atoms with Crippen LogP contribution in [0.5, 0.6) is 11.5 Å². The fraction of sp³-hybridized carbons (Fsp3) is 0.471. The molecule has 1 aliphatic carbocycles. The molecule has 0 saturated heterocycles. The van der Waals surface area contributed by atoms with Gasteiger partial charge < -0.3 is 14.8 Å². The smallest absolute Gasteiger partial charge is 0.223 e. The minimum Gasteiger partial charge on any atom is -0.486 e. The van der Waals surface area contributed by atoms with Gasteiger partial charge in [0.2, 0.25) is 5.91 Å². The molecule has 3 rings (SSSR count). The number of amides is 1. The summed E-state index contributed by atoms with van der Waals surface area (Å²) >= 11 is 6.21. The van der Waals surface area contributed by atoms with Crippen LogP contribution < -0.4 is 14.8 Å². The van der Waals surface area contributed by atoms with E-state index in [1.807, 2.05) is 12.1 Å². The van der Waals surface area contributed by atoms with Crippen molar-refractivity contribution >= 4 is 17.5 Å². The molecule has 0 fully saturated rings. The van der Waals surface area contributed by atoms with Crippen LogP contribution in [0.15, 0.2) is 24.3 Å². The summed E-state index contributed by atoms with van der Waals surface area (Å²) in [4.78, 5) is 12.1. The maximum Gasteiger partial charge on any atom is 0.223 e. The van der Waals surface area contributed by atoms with Gasteiger partial charge in [0.1, 0.15) is 13.2 Å². The lowest BCUT2D eigenvalue weighted by Gasteiger charge is -2.20. The summed E-state index contributed by atoms with van der Waals surface area (Å²) in [5.74, 6) is 1.58. The molecule has 0 aromatic heterocycles. The Morgan fingerprint density at radius 1 is 1.27 bits per heavy atom. The summed E-state index contributed by atoms with van der Waals surface area (Å²) in [5, 5.41) is 3.58. The van der Waals surface area contributed by atoms with Crippen molar-refractivity contribution in [3.63, 3.8) is 0 Å². The van der Waals surface area contributed by atoms with Crippen LogP contribution in [-0.4, -0.2) is 25.7 Å². The van der Waals surface area contributed by atoms with Crippen molar-refractivity contribution in [1.82, 2.24) is 5.32 Å². The first-order chi connectivity index (χ1) is 10.7. The van der Waals surface area contributed by atoms with Crippen LogP contribution in [-0.2, 0) is 11.2 Å². The normalized spacial score (nSPS) is 19.8. The molecule has 1 aromatic rings. The molecule has 5 heteroatoms. The number of nitrogens with one attached hydrogen (secondary N) is 1. The second kappa shape index (κ2) is 7.05. The lowest BCUT2D eigenvalue weighted by Crippen LogP contribution is -2.32. The number of carbonyl (C=O) groups is 1. The first kappa shape index (κ1) is 15.2. The van der Waals surface area contributed by atoms with Crippen LogP contribution in [0.25, 0.3) is 0 Å².